The van der Waals surface area contributed by atoms with Crippen molar-refractivity contribution in [2.45, 2.75) is 6.92 Å². The molecule has 0 atom stereocenters. The Labute approximate surface area is 157 Å². The van der Waals surface area contributed by atoms with E-state index in [4.69, 9.17) is 16.3 Å². The van der Waals surface area contributed by atoms with Crippen LogP contribution in [0.5, 0.6) is 5.75 Å². The Bertz CT molecular complexity index is 821. The summed E-state index contributed by atoms with van der Waals surface area (Å²) in [6.07, 6.45) is 1.83. The van der Waals surface area contributed by atoms with Crippen LogP contribution in [0.1, 0.15) is 5.56 Å². The van der Waals surface area contributed by atoms with Gasteiger partial charge in [0.05, 0.1) is 12.2 Å². The first-order valence-electron chi connectivity index (χ1n) is 8.78. The zero-order valence-electron chi connectivity index (χ0n) is 14.7. The highest BCUT2D eigenvalue weighted by molar-refractivity contribution is 6.30. The van der Waals surface area contributed by atoms with Gasteiger partial charge < -0.3 is 14.5 Å². The quantitative estimate of drug-likeness (QED) is 0.771. The van der Waals surface area contributed by atoms with Crippen molar-refractivity contribution >= 4 is 29.1 Å². The topological polar surface area (TPSA) is 48.9 Å². The van der Waals surface area contributed by atoms with Crippen molar-refractivity contribution in [1.82, 2.24) is 9.88 Å². The zero-order chi connectivity index (χ0) is 18.1. The van der Waals surface area contributed by atoms with Gasteiger partial charge in [0.25, 0.3) is 0 Å². The van der Waals surface area contributed by atoms with Gasteiger partial charge in [0.1, 0.15) is 18.2 Å². The van der Waals surface area contributed by atoms with E-state index in [0.29, 0.717) is 37.0 Å². The molecule has 1 aromatic carbocycles. The van der Waals surface area contributed by atoms with Crippen molar-refractivity contribution in [3.63, 3.8) is 0 Å². The van der Waals surface area contributed by atoms with Gasteiger partial charge in [-0.05, 0) is 36.8 Å². The Hall–Kier alpha value is -2.47. The lowest BCUT2D eigenvalue weighted by atomic mass is 10.2. The van der Waals surface area contributed by atoms with Crippen molar-refractivity contribution in [2.75, 3.05) is 49.1 Å². The summed E-state index contributed by atoms with van der Waals surface area (Å²) in [5, 5.41) is 0.609. The fraction of sp³-hybridized carbons (Fsp3) is 0.368. The molecule has 26 heavy (non-hydrogen) atoms. The summed E-state index contributed by atoms with van der Waals surface area (Å²) < 4.78 is 5.64. The van der Waals surface area contributed by atoms with E-state index in [-0.39, 0.29) is 6.03 Å². The molecular weight excluding hydrogens is 352 g/mol. The number of hydrogen-bond acceptors (Lipinski definition) is 4. The van der Waals surface area contributed by atoms with Gasteiger partial charge in [-0.15, -0.1) is 0 Å². The van der Waals surface area contributed by atoms with Crippen molar-refractivity contribution in [3.8, 4) is 5.75 Å². The molecule has 1 fully saturated rings. The van der Waals surface area contributed by atoms with Crippen LogP contribution in [0.2, 0.25) is 5.02 Å². The molecule has 136 valence electrons. The molecule has 6 nitrogen and oxygen atoms in total. The average molecular weight is 373 g/mol. The summed E-state index contributed by atoms with van der Waals surface area (Å²) in [6, 6.07) is 9.50. The second-order valence-corrected chi connectivity index (χ2v) is 7.00. The van der Waals surface area contributed by atoms with Crippen LogP contribution in [0.15, 0.2) is 36.5 Å². The molecule has 1 aromatic heterocycles. The summed E-state index contributed by atoms with van der Waals surface area (Å²) in [4.78, 5) is 23.4. The van der Waals surface area contributed by atoms with Crippen LogP contribution in [0, 0.1) is 6.92 Å². The number of benzene rings is 1. The number of hydrogen-bond donors (Lipinski definition) is 0. The molecule has 0 aliphatic carbocycles. The molecule has 0 bridgehead atoms. The first-order chi connectivity index (χ1) is 12.6. The lowest BCUT2D eigenvalue weighted by Gasteiger charge is -2.39. The fourth-order valence-corrected chi connectivity index (χ4v) is 3.55. The molecule has 2 amide bonds. The van der Waals surface area contributed by atoms with Crippen molar-refractivity contribution in [1.29, 1.82) is 0 Å². The lowest BCUT2D eigenvalue weighted by molar-refractivity contribution is 0.196. The largest absolute Gasteiger partial charge is 0.489 e. The van der Waals surface area contributed by atoms with Gasteiger partial charge in [-0.2, -0.15) is 0 Å². The number of rotatable bonds is 1. The first kappa shape index (κ1) is 17.0. The van der Waals surface area contributed by atoms with Crippen molar-refractivity contribution in [2.24, 2.45) is 0 Å². The van der Waals surface area contributed by atoms with E-state index in [0.717, 1.165) is 24.6 Å². The van der Waals surface area contributed by atoms with Crippen LogP contribution >= 0.6 is 11.6 Å². The van der Waals surface area contributed by atoms with Crippen LogP contribution in [0.25, 0.3) is 0 Å². The molecule has 0 unspecified atom stereocenters. The minimum absolute atomic E-state index is 0.0220. The molecule has 0 saturated carbocycles. The number of nitrogens with zero attached hydrogens (tertiary/aromatic N) is 4. The minimum atomic E-state index is 0.0220. The third kappa shape index (κ3) is 3.29. The van der Waals surface area contributed by atoms with Crippen molar-refractivity contribution in [3.05, 3.63) is 47.1 Å². The molecule has 0 N–H and O–H groups in total. The SMILES string of the molecule is Cc1ccnc(N2CCN(C(=O)N3CCOc4cc(Cl)ccc43)CC2)c1. The van der Waals surface area contributed by atoms with Crippen LogP contribution in [-0.4, -0.2) is 55.2 Å². The molecule has 0 spiro atoms. The minimum Gasteiger partial charge on any atom is -0.489 e. The van der Waals surface area contributed by atoms with Crippen LogP contribution < -0.4 is 14.5 Å². The molecule has 3 heterocycles. The molecule has 2 aliphatic heterocycles. The third-order valence-corrected chi connectivity index (χ3v) is 5.03. The predicted molar refractivity (Wildman–Crippen MR) is 102 cm³/mol. The van der Waals surface area contributed by atoms with E-state index < -0.39 is 0 Å². The standard InChI is InChI=1S/C19H21ClN4O2/c1-14-4-5-21-18(12-14)22-6-8-23(9-7-22)19(25)24-10-11-26-17-13-15(20)2-3-16(17)24/h2-5,12-13H,6-11H2,1H3. The second kappa shape index (κ2) is 7.03. The van der Waals surface area contributed by atoms with E-state index in [1.807, 2.05) is 23.2 Å². The highest BCUT2D eigenvalue weighted by Gasteiger charge is 2.30. The molecule has 0 radical (unpaired) electrons. The molecule has 1 saturated heterocycles. The monoisotopic (exact) mass is 372 g/mol. The highest BCUT2D eigenvalue weighted by atomic mass is 35.5. The average Bonchev–Trinajstić information content (AvgIpc) is 2.67. The number of aromatic nitrogens is 1. The maximum Gasteiger partial charge on any atom is 0.324 e. The smallest absolute Gasteiger partial charge is 0.324 e. The predicted octanol–water partition coefficient (Wildman–Crippen LogP) is 3.18. The van der Waals surface area contributed by atoms with Gasteiger partial charge in [-0.1, -0.05) is 11.6 Å². The number of pyridine rings is 1. The zero-order valence-corrected chi connectivity index (χ0v) is 15.4. The molecule has 4 rings (SSSR count). The highest BCUT2D eigenvalue weighted by Crippen LogP contribution is 2.34. The summed E-state index contributed by atoms with van der Waals surface area (Å²) in [5.74, 6) is 1.64. The summed E-state index contributed by atoms with van der Waals surface area (Å²) in [7, 11) is 0. The van der Waals surface area contributed by atoms with E-state index >= 15 is 0 Å². The summed E-state index contributed by atoms with van der Waals surface area (Å²) in [6.45, 7) is 6.00. The Morgan fingerprint density at radius 3 is 2.69 bits per heavy atom. The van der Waals surface area contributed by atoms with Gasteiger partial charge >= 0.3 is 6.03 Å². The van der Waals surface area contributed by atoms with Crippen LogP contribution in [-0.2, 0) is 0 Å². The second-order valence-electron chi connectivity index (χ2n) is 6.56. The fourth-order valence-electron chi connectivity index (χ4n) is 3.38. The maximum absolute atomic E-state index is 13.0. The summed E-state index contributed by atoms with van der Waals surface area (Å²) >= 11 is 6.03. The molecule has 2 aromatic rings. The number of aryl methyl sites for hydroxylation is 1. The number of amides is 2. The summed E-state index contributed by atoms with van der Waals surface area (Å²) in [5.41, 5.74) is 1.98. The van der Waals surface area contributed by atoms with Gasteiger partial charge in [0.2, 0.25) is 0 Å². The molecule has 7 heteroatoms. The van der Waals surface area contributed by atoms with Crippen LogP contribution in [0.4, 0.5) is 16.3 Å². The van der Waals surface area contributed by atoms with Gasteiger partial charge in [-0.3, -0.25) is 4.90 Å². The number of urea groups is 1. The van der Waals surface area contributed by atoms with E-state index in [1.54, 1.807) is 17.0 Å². The van der Waals surface area contributed by atoms with Crippen LogP contribution in [0.3, 0.4) is 0 Å². The van der Waals surface area contributed by atoms with Gasteiger partial charge in [0, 0.05) is 43.5 Å². The number of carbonyl (C=O) groups is 1. The Morgan fingerprint density at radius 1 is 1.12 bits per heavy atom. The first-order valence-corrected chi connectivity index (χ1v) is 9.16. The number of carbonyl (C=O) groups excluding carboxylic acids is 1. The normalized spacial score (nSPS) is 16.9. The third-order valence-electron chi connectivity index (χ3n) is 4.79. The number of fused-ring (bicyclic) bond motifs is 1. The van der Waals surface area contributed by atoms with Gasteiger partial charge in [0.15, 0.2) is 0 Å². The number of piperazine rings is 1. The number of anilines is 2. The van der Waals surface area contributed by atoms with E-state index in [2.05, 4.69) is 22.9 Å². The molecular formula is C19H21ClN4O2. The van der Waals surface area contributed by atoms with E-state index in [1.165, 1.54) is 5.56 Å². The Kier molecular flexibility index (Phi) is 4.59. The van der Waals surface area contributed by atoms with Crippen molar-refractivity contribution < 1.29 is 9.53 Å². The molecule has 2 aliphatic rings. The van der Waals surface area contributed by atoms with E-state index in [9.17, 15) is 4.79 Å². The number of halogens is 1. The number of ether oxygens (including phenoxy) is 1. The van der Waals surface area contributed by atoms with Gasteiger partial charge in [-0.25, -0.2) is 9.78 Å². The lowest BCUT2D eigenvalue weighted by Crippen LogP contribution is -2.54. The maximum atomic E-state index is 13.0. The Morgan fingerprint density at radius 2 is 1.92 bits per heavy atom. The Balaban J connectivity index is 1.45.